The number of allylic oxidation sites excluding steroid dienone is 2. The van der Waals surface area contributed by atoms with Crippen molar-refractivity contribution in [3.05, 3.63) is 11.6 Å². The lowest BCUT2D eigenvalue weighted by atomic mass is 10.0. The molecule has 0 aliphatic heterocycles. The van der Waals surface area contributed by atoms with Crippen molar-refractivity contribution in [2.75, 3.05) is 12.3 Å². The first-order chi connectivity index (χ1) is 12.8. The third-order valence-electron chi connectivity index (χ3n) is 5.65. The van der Waals surface area contributed by atoms with E-state index in [1.807, 2.05) is 0 Å². The van der Waals surface area contributed by atoms with Crippen LogP contribution in [0.3, 0.4) is 0 Å². The molecule has 0 aliphatic rings. The maximum Gasteiger partial charge on any atom is -0.0170 e. The Morgan fingerprint density at radius 2 is 0.923 bits per heavy atom. The molecule has 0 bridgehead atoms. The molecule has 0 amide bonds. The first-order valence-corrected chi connectivity index (χ1v) is 13.6. The Kier molecular flexibility index (Phi) is 23.4. The van der Waals surface area contributed by atoms with Crippen molar-refractivity contribution in [3.63, 3.8) is 0 Å². The molecule has 0 saturated carbocycles. The van der Waals surface area contributed by atoms with E-state index in [1.165, 1.54) is 136 Å². The van der Waals surface area contributed by atoms with E-state index in [9.17, 15) is 0 Å². The lowest BCUT2D eigenvalue weighted by molar-refractivity contribution is 0.531. The predicted molar refractivity (Wildman–Crippen MR) is 126 cm³/mol. The van der Waals surface area contributed by atoms with E-state index in [0.717, 1.165) is 0 Å². The molecule has 1 atom stereocenters. The standard InChI is InChI=1S/C25H51P/c1-4-7-8-9-10-11-12-13-14-15-16-17-18-19-20-21-23-26-24-22-25(5-2)6-3/h22,26H,4-21,23-24H2,1-3H3. The van der Waals surface area contributed by atoms with Crippen LogP contribution in [0.15, 0.2) is 11.6 Å². The van der Waals surface area contributed by atoms with Gasteiger partial charge < -0.3 is 0 Å². The average molecular weight is 383 g/mol. The topological polar surface area (TPSA) is 0 Å². The van der Waals surface area contributed by atoms with Crippen LogP contribution in [0.2, 0.25) is 0 Å². The van der Waals surface area contributed by atoms with Gasteiger partial charge in [-0.3, -0.25) is 0 Å². The van der Waals surface area contributed by atoms with Crippen molar-refractivity contribution in [1.29, 1.82) is 0 Å². The van der Waals surface area contributed by atoms with Gasteiger partial charge in [0.2, 0.25) is 0 Å². The summed E-state index contributed by atoms with van der Waals surface area (Å²) in [4.78, 5) is 0. The lowest BCUT2D eigenvalue weighted by Crippen LogP contribution is -1.85. The Bertz CT molecular complexity index is 276. The summed E-state index contributed by atoms with van der Waals surface area (Å²) in [6.07, 6.45) is 31.4. The molecule has 0 aliphatic carbocycles. The maximum absolute atomic E-state index is 2.50. The summed E-state index contributed by atoms with van der Waals surface area (Å²) < 4.78 is 0. The van der Waals surface area contributed by atoms with Gasteiger partial charge in [0.25, 0.3) is 0 Å². The second kappa shape index (κ2) is 23.2. The molecule has 0 nitrogen and oxygen atoms in total. The molecule has 156 valence electrons. The number of rotatable bonds is 21. The molecule has 1 heteroatoms. The van der Waals surface area contributed by atoms with Crippen LogP contribution in [-0.2, 0) is 0 Å². The Morgan fingerprint density at radius 3 is 1.31 bits per heavy atom. The van der Waals surface area contributed by atoms with Crippen molar-refractivity contribution in [2.45, 2.75) is 136 Å². The van der Waals surface area contributed by atoms with Crippen LogP contribution in [0.1, 0.15) is 136 Å². The highest BCUT2D eigenvalue weighted by Gasteiger charge is 1.95. The van der Waals surface area contributed by atoms with Gasteiger partial charge in [-0.15, -0.1) is 8.58 Å². The molecule has 1 unspecified atom stereocenters. The largest absolute Gasteiger partial charge is 0.118 e. The number of unbranched alkanes of at least 4 members (excludes halogenated alkanes) is 15. The molecule has 0 saturated heterocycles. The summed E-state index contributed by atoms with van der Waals surface area (Å²) in [6.45, 7) is 6.87. The van der Waals surface area contributed by atoms with E-state index in [2.05, 4.69) is 26.8 Å². The minimum Gasteiger partial charge on any atom is -0.118 e. The van der Waals surface area contributed by atoms with Gasteiger partial charge in [0.15, 0.2) is 0 Å². The second-order valence-electron chi connectivity index (χ2n) is 8.08. The molecular formula is C25H51P. The Hall–Kier alpha value is 0.170. The van der Waals surface area contributed by atoms with Crippen LogP contribution in [0.4, 0.5) is 0 Å². The highest BCUT2D eigenvalue weighted by Crippen LogP contribution is 2.18. The van der Waals surface area contributed by atoms with E-state index < -0.39 is 0 Å². The van der Waals surface area contributed by atoms with Gasteiger partial charge in [0.05, 0.1) is 0 Å². The summed E-state index contributed by atoms with van der Waals surface area (Å²) in [5.74, 6) is 0. The lowest BCUT2D eigenvalue weighted by Gasteiger charge is -2.04. The normalized spacial score (nSPS) is 11.5. The van der Waals surface area contributed by atoms with E-state index in [0.29, 0.717) is 0 Å². The van der Waals surface area contributed by atoms with E-state index in [1.54, 1.807) is 5.57 Å². The van der Waals surface area contributed by atoms with E-state index >= 15 is 0 Å². The van der Waals surface area contributed by atoms with Crippen LogP contribution >= 0.6 is 8.58 Å². The first kappa shape index (κ1) is 26.2. The van der Waals surface area contributed by atoms with Gasteiger partial charge in [-0.1, -0.05) is 129 Å². The van der Waals surface area contributed by atoms with Crippen molar-refractivity contribution >= 4 is 8.58 Å². The summed E-state index contributed by atoms with van der Waals surface area (Å²) >= 11 is 0. The minimum atomic E-state index is 1.17. The highest BCUT2D eigenvalue weighted by atomic mass is 31.1. The molecule has 0 spiro atoms. The Labute approximate surface area is 169 Å². The maximum atomic E-state index is 2.50. The molecule has 0 aromatic rings. The SMILES string of the molecule is CCCCCCCCCCCCCCCCCCPCC=C(CC)CC. The number of hydrogen-bond donors (Lipinski definition) is 0. The summed E-state index contributed by atoms with van der Waals surface area (Å²) in [6, 6.07) is 0. The third-order valence-corrected chi connectivity index (χ3v) is 6.85. The summed E-state index contributed by atoms with van der Waals surface area (Å²) in [5, 5.41) is 0. The summed E-state index contributed by atoms with van der Waals surface area (Å²) in [5.41, 5.74) is 1.66. The average Bonchev–Trinajstić information content (AvgIpc) is 2.66. The zero-order chi connectivity index (χ0) is 19.1. The van der Waals surface area contributed by atoms with E-state index in [-0.39, 0.29) is 0 Å². The van der Waals surface area contributed by atoms with E-state index in [4.69, 9.17) is 0 Å². The van der Waals surface area contributed by atoms with Crippen molar-refractivity contribution in [2.24, 2.45) is 0 Å². The fraction of sp³-hybridized carbons (Fsp3) is 0.920. The van der Waals surface area contributed by atoms with Gasteiger partial charge >= 0.3 is 0 Å². The monoisotopic (exact) mass is 382 g/mol. The molecule has 0 aromatic carbocycles. The molecule has 0 N–H and O–H groups in total. The Morgan fingerprint density at radius 1 is 0.538 bits per heavy atom. The van der Waals surface area contributed by atoms with Gasteiger partial charge in [-0.25, -0.2) is 0 Å². The van der Waals surface area contributed by atoms with Crippen LogP contribution in [0.5, 0.6) is 0 Å². The van der Waals surface area contributed by atoms with Gasteiger partial charge in [-0.2, -0.15) is 0 Å². The molecule has 0 heterocycles. The van der Waals surface area contributed by atoms with Crippen LogP contribution in [0, 0.1) is 0 Å². The van der Waals surface area contributed by atoms with Crippen molar-refractivity contribution in [3.8, 4) is 0 Å². The van der Waals surface area contributed by atoms with Crippen LogP contribution in [0.25, 0.3) is 0 Å². The zero-order valence-electron chi connectivity index (χ0n) is 18.7. The predicted octanol–water partition coefficient (Wildman–Crippen LogP) is 9.67. The van der Waals surface area contributed by atoms with Crippen LogP contribution < -0.4 is 0 Å². The molecule has 26 heavy (non-hydrogen) atoms. The minimum absolute atomic E-state index is 1.17. The van der Waals surface area contributed by atoms with Gasteiger partial charge in [-0.05, 0) is 31.6 Å². The second-order valence-corrected chi connectivity index (χ2v) is 9.49. The zero-order valence-corrected chi connectivity index (χ0v) is 19.7. The van der Waals surface area contributed by atoms with Crippen molar-refractivity contribution in [1.82, 2.24) is 0 Å². The molecule has 0 radical (unpaired) electrons. The molecule has 0 rings (SSSR count). The molecule has 0 aromatic heterocycles. The molecular weight excluding hydrogens is 331 g/mol. The Balaban J connectivity index is 3.08. The highest BCUT2D eigenvalue weighted by molar-refractivity contribution is 7.38. The fourth-order valence-corrected chi connectivity index (χ4v) is 4.79. The molecule has 0 fully saturated rings. The summed E-state index contributed by atoms with van der Waals surface area (Å²) in [7, 11) is 1.17. The first-order valence-electron chi connectivity index (χ1n) is 12.2. The smallest absolute Gasteiger partial charge is 0.0170 e. The third kappa shape index (κ3) is 20.5. The van der Waals surface area contributed by atoms with Crippen molar-refractivity contribution < 1.29 is 0 Å². The van der Waals surface area contributed by atoms with Crippen LogP contribution in [-0.4, -0.2) is 12.3 Å². The number of hydrogen-bond acceptors (Lipinski definition) is 0. The van der Waals surface area contributed by atoms with Gasteiger partial charge in [0, 0.05) is 0 Å². The quantitative estimate of drug-likeness (QED) is 0.105. The van der Waals surface area contributed by atoms with Gasteiger partial charge in [0.1, 0.15) is 0 Å². The fourth-order valence-electron chi connectivity index (χ4n) is 3.66.